The molecule has 1 radical (unpaired) electrons. The Morgan fingerprint density at radius 3 is 2.65 bits per heavy atom. The van der Waals surface area contributed by atoms with Crippen LogP contribution in [0.3, 0.4) is 0 Å². The van der Waals surface area contributed by atoms with E-state index in [1.54, 1.807) is 10.4 Å². The molecule has 2 heterocycles. The zero-order valence-electron chi connectivity index (χ0n) is 9.53. The Balaban J connectivity index is 2.15. The average Bonchev–Trinajstić information content (AvgIpc) is 2.88. The van der Waals surface area contributed by atoms with E-state index in [2.05, 4.69) is 55.1 Å². The van der Waals surface area contributed by atoms with Gasteiger partial charge in [0.2, 0.25) is 0 Å². The molecule has 0 amide bonds. The molecular formula is C15H11SSi. The van der Waals surface area contributed by atoms with Crippen molar-refractivity contribution < 1.29 is 0 Å². The predicted octanol–water partition coefficient (Wildman–Crippen LogP) is 3.12. The fourth-order valence-corrected chi connectivity index (χ4v) is 7.02. The zero-order chi connectivity index (χ0) is 11.4. The van der Waals surface area contributed by atoms with Crippen molar-refractivity contribution in [1.82, 2.24) is 0 Å². The first-order valence-electron chi connectivity index (χ1n) is 5.81. The van der Waals surface area contributed by atoms with Crippen molar-refractivity contribution in [1.29, 1.82) is 0 Å². The van der Waals surface area contributed by atoms with Gasteiger partial charge >= 0.3 is 0 Å². The summed E-state index contributed by atoms with van der Waals surface area (Å²) in [6.45, 7) is 2.43. The summed E-state index contributed by atoms with van der Waals surface area (Å²) >= 11 is 1.96. The van der Waals surface area contributed by atoms with E-state index in [9.17, 15) is 0 Å². The lowest BCUT2D eigenvalue weighted by Gasteiger charge is -2.04. The third kappa shape index (κ3) is 1.17. The highest BCUT2D eigenvalue weighted by Gasteiger charge is 2.30. The van der Waals surface area contributed by atoms with Crippen LogP contribution < -0.4 is 10.4 Å². The summed E-state index contributed by atoms with van der Waals surface area (Å²) in [5.74, 6) is 0. The quantitative estimate of drug-likeness (QED) is 0.539. The molecule has 0 unspecified atom stereocenters. The highest BCUT2D eigenvalue weighted by Crippen LogP contribution is 2.34. The third-order valence-corrected chi connectivity index (χ3v) is 7.44. The molecule has 0 atom stereocenters. The Bertz CT molecular complexity index is 727. The first-order chi connectivity index (χ1) is 8.36. The number of hydrogen-bond donors (Lipinski definition) is 0. The van der Waals surface area contributed by atoms with E-state index >= 15 is 0 Å². The average molecular weight is 251 g/mol. The van der Waals surface area contributed by atoms with Gasteiger partial charge in [0.25, 0.3) is 0 Å². The monoisotopic (exact) mass is 251 g/mol. The second kappa shape index (κ2) is 3.31. The van der Waals surface area contributed by atoms with E-state index in [1.807, 2.05) is 11.3 Å². The highest BCUT2D eigenvalue weighted by atomic mass is 32.1. The van der Waals surface area contributed by atoms with Gasteiger partial charge in [0, 0.05) is 9.58 Å². The van der Waals surface area contributed by atoms with Crippen molar-refractivity contribution in [2.45, 2.75) is 6.55 Å². The molecule has 4 rings (SSSR count). The number of fused-ring (bicyclic) bond motifs is 5. The Kier molecular flexibility index (Phi) is 1.87. The molecule has 1 aliphatic heterocycles. The molecule has 1 aromatic heterocycles. The molecule has 0 spiro atoms. The highest BCUT2D eigenvalue weighted by molar-refractivity contribution is 7.25. The van der Waals surface area contributed by atoms with Crippen LogP contribution in [0.5, 0.6) is 0 Å². The summed E-state index contributed by atoms with van der Waals surface area (Å²) in [6, 6.07) is 17.8. The molecule has 0 bridgehead atoms. The van der Waals surface area contributed by atoms with Crippen molar-refractivity contribution in [3.05, 3.63) is 48.5 Å². The summed E-state index contributed by atoms with van der Waals surface area (Å²) in [4.78, 5) is 1.53. The van der Waals surface area contributed by atoms with Crippen LogP contribution in [0, 0.1) is 0 Å². The minimum absolute atomic E-state index is 0.542. The Labute approximate surface area is 106 Å². The molecular weight excluding hydrogens is 240 g/mol. The molecule has 17 heavy (non-hydrogen) atoms. The van der Waals surface area contributed by atoms with Crippen LogP contribution in [0.15, 0.2) is 48.5 Å². The van der Waals surface area contributed by atoms with Crippen molar-refractivity contribution in [3.63, 3.8) is 0 Å². The summed E-state index contributed by atoms with van der Waals surface area (Å²) in [5, 5.41) is 4.71. The third-order valence-electron chi connectivity index (χ3n) is 3.55. The Morgan fingerprint density at radius 1 is 0.941 bits per heavy atom. The summed E-state index contributed by atoms with van der Waals surface area (Å²) in [7, 11) is -0.542. The van der Waals surface area contributed by atoms with Gasteiger partial charge in [0.05, 0.1) is 0 Å². The van der Waals surface area contributed by atoms with E-state index in [4.69, 9.17) is 0 Å². The molecule has 1 aliphatic rings. The molecule has 0 saturated heterocycles. The fraction of sp³-hybridized carbons (Fsp3) is 0.0667. The van der Waals surface area contributed by atoms with Gasteiger partial charge in [-0.15, -0.1) is 11.3 Å². The fourth-order valence-electron chi connectivity index (χ4n) is 2.75. The van der Waals surface area contributed by atoms with Crippen LogP contribution in [0.2, 0.25) is 6.55 Å². The van der Waals surface area contributed by atoms with Crippen LogP contribution in [0.1, 0.15) is 0 Å². The van der Waals surface area contributed by atoms with Gasteiger partial charge < -0.3 is 0 Å². The molecule has 0 fully saturated rings. The molecule has 0 saturated carbocycles. The molecule has 0 aliphatic carbocycles. The molecule has 0 N–H and O–H groups in total. The van der Waals surface area contributed by atoms with Gasteiger partial charge in [-0.2, -0.15) is 0 Å². The van der Waals surface area contributed by atoms with Gasteiger partial charge in [0.1, 0.15) is 8.80 Å². The minimum Gasteiger partial charge on any atom is -0.135 e. The van der Waals surface area contributed by atoms with E-state index in [0.29, 0.717) is 0 Å². The molecule has 2 aromatic carbocycles. The van der Waals surface area contributed by atoms with E-state index < -0.39 is 8.80 Å². The number of hydrogen-bond acceptors (Lipinski definition) is 1. The normalized spacial score (nSPS) is 13.9. The second-order valence-corrected chi connectivity index (χ2v) is 7.81. The number of rotatable bonds is 0. The topological polar surface area (TPSA) is 0 Å². The first kappa shape index (κ1) is 9.63. The van der Waals surface area contributed by atoms with Crippen LogP contribution in [0.4, 0.5) is 0 Å². The lowest BCUT2D eigenvalue weighted by atomic mass is 10.2. The van der Waals surface area contributed by atoms with E-state index in [1.165, 1.54) is 20.5 Å². The molecule has 0 nitrogen and oxygen atoms in total. The van der Waals surface area contributed by atoms with Gasteiger partial charge in [-0.1, -0.05) is 49.0 Å². The van der Waals surface area contributed by atoms with Gasteiger partial charge in [-0.3, -0.25) is 0 Å². The predicted molar refractivity (Wildman–Crippen MR) is 78.1 cm³/mol. The Hall–Kier alpha value is -1.38. The summed E-state index contributed by atoms with van der Waals surface area (Å²) in [5.41, 5.74) is 1.49. The number of benzene rings is 2. The van der Waals surface area contributed by atoms with Crippen molar-refractivity contribution in [3.8, 4) is 10.4 Å². The zero-order valence-corrected chi connectivity index (χ0v) is 11.3. The van der Waals surface area contributed by atoms with Crippen molar-refractivity contribution >= 4 is 40.6 Å². The van der Waals surface area contributed by atoms with Gasteiger partial charge in [-0.05, 0) is 27.4 Å². The maximum atomic E-state index is 2.43. The second-order valence-electron chi connectivity index (χ2n) is 4.47. The standard InChI is InChI=1S/C15H11SSi/c1-17-13-9-5-3-7-11(13)14-15(17)10-6-2-4-8-12(10)16-14/h2-9H,1H3. The van der Waals surface area contributed by atoms with Crippen LogP contribution >= 0.6 is 11.3 Å². The maximum Gasteiger partial charge on any atom is 0.121 e. The van der Waals surface area contributed by atoms with E-state index in [-0.39, 0.29) is 0 Å². The van der Waals surface area contributed by atoms with Crippen LogP contribution in [0.25, 0.3) is 20.5 Å². The summed E-state index contributed by atoms with van der Waals surface area (Å²) in [6.07, 6.45) is 0. The molecule has 81 valence electrons. The lowest BCUT2D eigenvalue weighted by molar-refractivity contribution is 1.77. The van der Waals surface area contributed by atoms with Crippen LogP contribution in [-0.2, 0) is 0 Å². The maximum absolute atomic E-state index is 2.43. The van der Waals surface area contributed by atoms with Crippen LogP contribution in [-0.4, -0.2) is 8.80 Å². The summed E-state index contributed by atoms with van der Waals surface area (Å²) < 4.78 is 1.44. The smallest absolute Gasteiger partial charge is 0.121 e. The lowest BCUT2D eigenvalue weighted by Crippen LogP contribution is -2.34. The van der Waals surface area contributed by atoms with Gasteiger partial charge in [0.15, 0.2) is 0 Å². The van der Waals surface area contributed by atoms with Crippen molar-refractivity contribution in [2.75, 3.05) is 0 Å². The SMILES string of the molecule is C[Si]1c2ccccc2-c2sc3ccccc3c21. The van der Waals surface area contributed by atoms with Crippen molar-refractivity contribution in [2.24, 2.45) is 0 Å². The van der Waals surface area contributed by atoms with Gasteiger partial charge in [-0.25, -0.2) is 0 Å². The molecule has 3 aromatic rings. The minimum atomic E-state index is -0.542. The molecule has 2 heteroatoms. The number of thiophene rings is 1. The van der Waals surface area contributed by atoms with E-state index in [0.717, 1.165) is 0 Å². The largest absolute Gasteiger partial charge is 0.135 e. The first-order valence-corrected chi connectivity index (χ1v) is 8.63. The Morgan fingerprint density at radius 2 is 1.71 bits per heavy atom.